The fourth-order valence-electron chi connectivity index (χ4n) is 2.05. The van der Waals surface area contributed by atoms with E-state index in [9.17, 15) is 8.42 Å². The molecule has 0 spiro atoms. The maximum absolute atomic E-state index is 12.2. The Hall–Kier alpha value is -1.93. The second-order valence-corrected chi connectivity index (χ2v) is 7.86. The summed E-state index contributed by atoms with van der Waals surface area (Å²) < 4.78 is 26.1. The van der Waals surface area contributed by atoms with Crippen LogP contribution in [-0.2, 0) is 16.9 Å². The molecule has 0 aliphatic heterocycles. The predicted octanol–water partition coefficient (Wildman–Crippen LogP) is 1.93. The van der Waals surface area contributed by atoms with Crippen LogP contribution in [0.2, 0.25) is 0 Å². The number of hydrogen-bond donors (Lipinski definition) is 0. The van der Waals surface area contributed by atoms with Crippen molar-refractivity contribution in [3.05, 3.63) is 42.9 Å². The number of fused-ring (bicyclic) bond motifs is 1. The van der Waals surface area contributed by atoms with Crippen molar-refractivity contribution in [3.8, 4) is 0 Å². The van der Waals surface area contributed by atoms with E-state index in [1.807, 2.05) is 7.05 Å². The van der Waals surface area contributed by atoms with Crippen molar-refractivity contribution in [1.82, 2.24) is 19.7 Å². The molecule has 0 bridgehead atoms. The van der Waals surface area contributed by atoms with E-state index in [2.05, 4.69) is 15.1 Å². The molecule has 8 heteroatoms. The lowest BCUT2D eigenvalue weighted by Crippen LogP contribution is -2.08. The Balaban J connectivity index is 1.73. The van der Waals surface area contributed by atoms with Gasteiger partial charge in [0.1, 0.15) is 11.4 Å². The van der Waals surface area contributed by atoms with E-state index in [1.54, 1.807) is 41.2 Å². The molecular weight excluding hydrogens is 320 g/mol. The van der Waals surface area contributed by atoms with E-state index in [0.29, 0.717) is 10.6 Å². The van der Waals surface area contributed by atoms with Crippen molar-refractivity contribution < 1.29 is 8.42 Å². The van der Waals surface area contributed by atoms with Crippen molar-refractivity contribution in [2.75, 3.05) is 11.5 Å². The lowest BCUT2D eigenvalue weighted by Gasteiger charge is -2.04. The highest BCUT2D eigenvalue weighted by Crippen LogP contribution is 2.24. The monoisotopic (exact) mass is 334 g/mol. The molecule has 22 heavy (non-hydrogen) atoms. The molecule has 3 rings (SSSR count). The first-order valence-electron chi connectivity index (χ1n) is 6.61. The summed E-state index contributed by atoms with van der Waals surface area (Å²) >= 11 is 1.40. The molecule has 114 valence electrons. The van der Waals surface area contributed by atoms with Crippen molar-refractivity contribution in [3.63, 3.8) is 0 Å². The van der Waals surface area contributed by atoms with E-state index in [4.69, 9.17) is 0 Å². The van der Waals surface area contributed by atoms with Crippen LogP contribution in [0.1, 0.15) is 0 Å². The quantitative estimate of drug-likeness (QED) is 0.524. The normalized spacial score (nSPS) is 11.9. The average Bonchev–Trinajstić information content (AvgIpc) is 2.91. The van der Waals surface area contributed by atoms with Gasteiger partial charge >= 0.3 is 0 Å². The second kappa shape index (κ2) is 6.05. The third-order valence-electron chi connectivity index (χ3n) is 3.19. The summed E-state index contributed by atoms with van der Waals surface area (Å²) in [5, 5.41) is 5.73. The molecule has 0 atom stereocenters. The molecule has 0 aliphatic rings. The minimum atomic E-state index is -3.26. The van der Waals surface area contributed by atoms with Crippen molar-refractivity contribution in [1.29, 1.82) is 0 Å². The Morgan fingerprint density at radius 2 is 1.95 bits per heavy atom. The fraction of sp³-hybridized carbons (Fsp3) is 0.214. The smallest absolute Gasteiger partial charge is 0.179 e. The molecule has 0 radical (unpaired) electrons. The SMILES string of the molecule is Cn1ncc2c(SCCS(=O)(=O)c3ccccc3)ncnc21. The van der Waals surface area contributed by atoms with Gasteiger partial charge in [-0.1, -0.05) is 18.2 Å². The second-order valence-electron chi connectivity index (χ2n) is 4.66. The van der Waals surface area contributed by atoms with Gasteiger partial charge in [-0.15, -0.1) is 11.8 Å². The average molecular weight is 334 g/mol. The van der Waals surface area contributed by atoms with Crippen LogP contribution in [0.25, 0.3) is 11.0 Å². The van der Waals surface area contributed by atoms with Gasteiger partial charge in [-0.25, -0.2) is 18.4 Å². The number of nitrogens with zero attached hydrogens (tertiary/aromatic N) is 4. The lowest BCUT2D eigenvalue weighted by molar-refractivity contribution is 0.597. The molecule has 0 saturated carbocycles. The van der Waals surface area contributed by atoms with Gasteiger partial charge in [0.05, 0.1) is 22.2 Å². The van der Waals surface area contributed by atoms with Crippen LogP contribution < -0.4 is 0 Å². The number of thioether (sulfide) groups is 1. The highest BCUT2D eigenvalue weighted by molar-refractivity contribution is 8.00. The fourth-order valence-corrected chi connectivity index (χ4v) is 4.68. The number of aryl methyl sites for hydroxylation is 1. The summed E-state index contributed by atoms with van der Waals surface area (Å²) in [6.45, 7) is 0. The van der Waals surface area contributed by atoms with E-state index >= 15 is 0 Å². The summed E-state index contributed by atoms with van der Waals surface area (Å²) in [4.78, 5) is 8.73. The first-order chi connectivity index (χ1) is 10.6. The Kier molecular flexibility index (Phi) is 4.12. The van der Waals surface area contributed by atoms with Crippen molar-refractivity contribution >= 4 is 32.6 Å². The van der Waals surface area contributed by atoms with Gasteiger partial charge in [0.15, 0.2) is 15.5 Å². The minimum absolute atomic E-state index is 0.0629. The molecule has 6 nitrogen and oxygen atoms in total. The molecule has 0 fully saturated rings. The molecular formula is C14H14N4O2S2. The Labute approximate surface area is 132 Å². The minimum Gasteiger partial charge on any atom is -0.250 e. The van der Waals surface area contributed by atoms with Gasteiger partial charge in [0.2, 0.25) is 0 Å². The number of rotatable bonds is 5. The zero-order valence-electron chi connectivity index (χ0n) is 11.9. The van der Waals surface area contributed by atoms with Gasteiger partial charge in [0, 0.05) is 12.8 Å². The van der Waals surface area contributed by atoms with Gasteiger partial charge in [-0.3, -0.25) is 4.68 Å². The van der Waals surface area contributed by atoms with Crippen LogP contribution in [0.4, 0.5) is 0 Å². The zero-order chi connectivity index (χ0) is 15.6. The summed E-state index contributed by atoms with van der Waals surface area (Å²) in [7, 11) is -1.45. The van der Waals surface area contributed by atoms with Crippen LogP contribution in [-0.4, -0.2) is 39.7 Å². The molecule has 0 N–H and O–H groups in total. The maximum Gasteiger partial charge on any atom is 0.179 e. The molecule has 0 unspecified atom stereocenters. The molecule has 0 saturated heterocycles. The first kappa shape index (κ1) is 15.0. The van der Waals surface area contributed by atoms with Crippen LogP contribution >= 0.6 is 11.8 Å². The predicted molar refractivity (Wildman–Crippen MR) is 85.5 cm³/mol. The molecule has 0 aliphatic carbocycles. The Morgan fingerprint density at radius 3 is 2.73 bits per heavy atom. The topological polar surface area (TPSA) is 77.7 Å². The van der Waals surface area contributed by atoms with Crippen LogP contribution in [0, 0.1) is 0 Å². The molecule has 2 aromatic heterocycles. The van der Waals surface area contributed by atoms with Crippen LogP contribution in [0.15, 0.2) is 52.8 Å². The van der Waals surface area contributed by atoms with Crippen molar-refractivity contribution in [2.24, 2.45) is 7.05 Å². The lowest BCUT2D eigenvalue weighted by atomic mass is 10.4. The highest BCUT2D eigenvalue weighted by atomic mass is 32.2. The van der Waals surface area contributed by atoms with Crippen molar-refractivity contribution in [2.45, 2.75) is 9.92 Å². The Bertz CT molecular complexity index is 892. The third-order valence-corrected chi connectivity index (χ3v) is 6.18. The zero-order valence-corrected chi connectivity index (χ0v) is 13.5. The third kappa shape index (κ3) is 2.97. The number of sulfone groups is 1. The first-order valence-corrected chi connectivity index (χ1v) is 9.25. The van der Waals surface area contributed by atoms with Gasteiger partial charge in [-0.05, 0) is 12.1 Å². The van der Waals surface area contributed by atoms with Gasteiger partial charge in [0.25, 0.3) is 0 Å². The van der Waals surface area contributed by atoms with E-state index in [-0.39, 0.29) is 5.75 Å². The standard InChI is InChI=1S/C14H14N4O2S2/c1-18-13-12(9-17-18)14(16-10-15-13)21-7-8-22(19,20)11-5-3-2-4-6-11/h2-6,9-10H,7-8H2,1H3. The molecule has 3 aromatic rings. The number of hydrogen-bond acceptors (Lipinski definition) is 6. The van der Waals surface area contributed by atoms with E-state index < -0.39 is 9.84 Å². The van der Waals surface area contributed by atoms with E-state index in [0.717, 1.165) is 16.1 Å². The largest absolute Gasteiger partial charge is 0.250 e. The van der Waals surface area contributed by atoms with Gasteiger partial charge < -0.3 is 0 Å². The van der Waals surface area contributed by atoms with Crippen LogP contribution in [0.3, 0.4) is 0 Å². The van der Waals surface area contributed by atoms with Gasteiger partial charge in [-0.2, -0.15) is 5.10 Å². The molecule has 1 aromatic carbocycles. The summed E-state index contributed by atoms with van der Waals surface area (Å²) in [6.07, 6.45) is 3.17. The summed E-state index contributed by atoms with van der Waals surface area (Å²) in [6, 6.07) is 8.48. The maximum atomic E-state index is 12.2. The summed E-state index contributed by atoms with van der Waals surface area (Å²) in [5.74, 6) is 0.492. The number of benzene rings is 1. The van der Waals surface area contributed by atoms with E-state index in [1.165, 1.54) is 18.1 Å². The summed E-state index contributed by atoms with van der Waals surface area (Å²) in [5.41, 5.74) is 0.739. The number of aromatic nitrogens is 4. The highest BCUT2D eigenvalue weighted by Gasteiger charge is 2.15. The molecule has 0 amide bonds. The Morgan fingerprint density at radius 1 is 1.18 bits per heavy atom. The van der Waals surface area contributed by atoms with Crippen LogP contribution in [0.5, 0.6) is 0 Å². The molecule has 2 heterocycles.